The Morgan fingerprint density at radius 1 is 1.07 bits per heavy atom. The molecule has 0 saturated carbocycles. The lowest BCUT2D eigenvalue weighted by molar-refractivity contribution is -0.118. The molecule has 2 heterocycles. The Hall–Kier alpha value is -4.31. The third-order valence-corrected chi connectivity index (χ3v) is 7.95. The third-order valence-electron chi connectivity index (χ3n) is 7.70. The van der Waals surface area contributed by atoms with Crippen LogP contribution in [0.3, 0.4) is 0 Å². The molecule has 0 unspecified atom stereocenters. The number of furan rings is 1. The second-order valence-corrected chi connectivity index (χ2v) is 10.7. The average molecular weight is 589 g/mol. The maximum atomic E-state index is 14.2. The molecular weight excluding hydrogens is 560 g/mol. The van der Waals surface area contributed by atoms with Gasteiger partial charge in [0, 0.05) is 34.6 Å². The minimum Gasteiger partial charge on any atom is -0.493 e. The number of rotatable bonds is 8. The van der Waals surface area contributed by atoms with Crippen molar-refractivity contribution in [2.24, 2.45) is 0 Å². The molecule has 6 rings (SSSR count). The molecule has 2 aliphatic rings. The number of nitrogens with one attached hydrogen (secondary N) is 1. The van der Waals surface area contributed by atoms with Crippen LogP contribution < -0.4 is 14.8 Å². The van der Waals surface area contributed by atoms with Crippen LogP contribution in [0, 0.1) is 0 Å². The molecule has 1 aliphatic carbocycles. The minimum absolute atomic E-state index is 0.0492. The fraction of sp³-hybridized carbons (Fsp3) is 0.250. The summed E-state index contributed by atoms with van der Waals surface area (Å²) in [6, 6.07) is 20.4. The van der Waals surface area contributed by atoms with Crippen molar-refractivity contribution >= 4 is 34.4 Å². The van der Waals surface area contributed by atoms with Gasteiger partial charge < -0.3 is 34.3 Å². The van der Waals surface area contributed by atoms with Crippen molar-refractivity contribution in [3.63, 3.8) is 0 Å². The maximum absolute atomic E-state index is 14.2. The standard InChI is InChI=1S/C32H29ClN2O7/c1-40-25-8-4-5-19-15-26(42-29(19)25)32(39)35(17-18-9-11-20(33)12-10-18)23-16-22(31(38)34-13-14-36)27-21-6-2-3-7-24(21)41-30(27)28(23)37/h2-12,15-16,23,27-28,30,36-37H,13-14,17H2,1H3,(H,34,38)/t23-,27+,28+,30+/m1/s1. The van der Waals surface area contributed by atoms with Gasteiger partial charge in [-0.25, -0.2) is 0 Å². The van der Waals surface area contributed by atoms with Gasteiger partial charge >= 0.3 is 0 Å². The Labute approximate surface area is 246 Å². The Bertz CT molecular complexity index is 1670. The molecule has 4 aromatic rings. The zero-order valence-corrected chi connectivity index (χ0v) is 23.5. The second kappa shape index (κ2) is 11.5. The van der Waals surface area contributed by atoms with Crippen LogP contribution in [0.2, 0.25) is 5.02 Å². The number of para-hydroxylation sites is 2. The van der Waals surface area contributed by atoms with E-state index >= 15 is 0 Å². The molecule has 216 valence electrons. The monoisotopic (exact) mass is 588 g/mol. The molecule has 3 N–H and O–H groups in total. The summed E-state index contributed by atoms with van der Waals surface area (Å²) in [5, 5.41) is 25.1. The highest BCUT2D eigenvalue weighted by Gasteiger charge is 2.50. The average Bonchev–Trinajstić information content (AvgIpc) is 3.62. The van der Waals surface area contributed by atoms with Crippen LogP contribution >= 0.6 is 11.6 Å². The lowest BCUT2D eigenvalue weighted by Gasteiger charge is -2.40. The first-order valence-electron chi connectivity index (χ1n) is 13.6. The number of carbonyl (C=O) groups is 2. The minimum atomic E-state index is -1.19. The molecule has 4 atom stereocenters. The van der Waals surface area contributed by atoms with Crippen LogP contribution in [0.1, 0.15) is 27.6 Å². The number of aliphatic hydroxyl groups excluding tert-OH is 2. The predicted octanol–water partition coefficient (Wildman–Crippen LogP) is 4.06. The smallest absolute Gasteiger partial charge is 0.290 e. The van der Waals surface area contributed by atoms with Crippen LogP contribution in [-0.4, -0.2) is 65.4 Å². The number of amides is 2. The summed E-state index contributed by atoms with van der Waals surface area (Å²) in [6.07, 6.45) is -0.392. The molecule has 9 nitrogen and oxygen atoms in total. The highest BCUT2D eigenvalue weighted by molar-refractivity contribution is 6.30. The van der Waals surface area contributed by atoms with Crippen molar-refractivity contribution in [3.8, 4) is 11.5 Å². The van der Waals surface area contributed by atoms with Gasteiger partial charge in [-0.2, -0.15) is 0 Å². The Kier molecular flexibility index (Phi) is 7.64. The van der Waals surface area contributed by atoms with Gasteiger partial charge in [-0.3, -0.25) is 9.59 Å². The van der Waals surface area contributed by atoms with Crippen LogP contribution in [-0.2, 0) is 11.3 Å². The van der Waals surface area contributed by atoms with E-state index in [4.69, 9.17) is 25.5 Å². The number of hydrogen-bond acceptors (Lipinski definition) is 7. The number of methoxy groups -OCH3 is 1. The number of halogens is 1. The summed E-state index contributed by atoms with van der Waals surface area (Å²) in [5.74, 6) is -0.373. The van der Waals surface area contributed by atoms with Crippen LogP contribution in [0.5, 0.6) is 11.5 Å². The molecular formula is C32H29ClN2O7. The van der Waals surface area contributed by atoms with Crippen molar-refractivity contribution in [3.05, 3.63) is 106 Å². The van der Waals surface area contributed by atoms with Gasteiger partial charge in [-0.1, -0.05) is 54.1 Å². The molecule has 2 amide bonds. The second-order valence-electron chi connectivity index (χ2n) is 10.2. The van der Waals surface area contributed by atoms with Crippen LogP contribution in [0.4, 0.5) is 0 Å². The summed E-state index contributed by atoms with van der Waals surface area (Å²) >= 11 is 6.12. The van der Waals surface area contributed by atoms with E-state index in [1.807, 2.05) is 24.3 Å². The first-order valence-corrected chi connectivity index (χ1v) is 13.9. The van der Waals surface area contributed by atoms with E-state index in [1.165, 1.54) is 12.0 Å². The summed E-state index contributed by atoms with van der Waals surface area (Å²) in [4.78, 5) is 29.1. The highest BCUT2D eigenvalue weighted by atomic mass is 35.5. The largest absolute Gasteiger partial charge is 0.493 e. The van der Waals surface area contributed by atoms with Crippen LogP contribution in [0.15, 0.2) is 88.9 Å². The third kappa shape index (κ3) is 5.00. The van der Waals surface area contributed by atoms with E-state index in [0.717, 1.165) is 11.1 Å². The molecule has 0 fully saturated rings. The van der Waals surface area contributed by atoms with Gasteiger partial charge in [0.15, 0.2) is 17.1 Å². The number of fused-ring (bicyclic) bond motifs is 4. The SMILES string of the molecule is COc1cccc2cc(C(=O)N(Cc3ccc(Cl)cc3)[C@@H]3C=C(C(=O)NCCO)[C@@H]4c5ccccc5O[C@@H]4[C@H]3O)oc12. The molecule has 10 heteroatoms. The molecule has 0 spiro atoms. The molecule has 0 saturated heterocycles. The first-order chi connectivity index (χ1) is 20.4. The number of hydrogen-bond donors (Lipinski definition) is 3. The molecule has 1 aromatic heterocycles. The first kappa shape index (κ1) is 27.8. The number of aliphatic hydroxyl groups is 2. The van der Waals surface area contributed by atoms with Crippen molar-refractivity contribution in [2.45, 2.75) is 30.7 Å². The lowest BCUT2D eigenvalue weighted by atomic mass is 9.77. The predicted molar refractivity (Wildman–Crippen MR) is 156 cm³/mol. The lowest BCUT2D eigenvalue weighted by Crippen LogP contribution is -2.55. The van der Waals surface area contributed by atoms with Gasteiger partial charge in [0.25, 0.3) is 5.91 Å². The van der Waals surface area contributed by atoms with Crippen LogP contribution in [0.25, 0.3) is 11.0 Å². The fourth-order valence-corrected chi connectivity index (χ4v) is 5.86. The maximum Gasteiger partial charge on any atom is 0.290 e. The number of nitrogens with zero attached hydrogens (tertiary/aromatic N) is 1. The Morgan fingerprint density at radius 3 is 2.62 bits per heavy atom. The quantitative estimate of drug-likeness (QED) is 0.284. The molecule has 0 radical (unpaired) electrons. The van der Waals surface area contributed by atoms with E-state index in [0.29, 0.717) is 33.1 Å². The normalized spacial score (nSPS) is 20.7. The molecule has 0 bridgehead atoms. The topological polar surface area (TPSA) is 121 Å². The number of benzene rings is 3. The van der Waals surface area contributed by atoms with Crippen molar-refractivity contribution in [1.82, 2.24) is 10.2 Å². The van der Waals surface area contributed by atoms with E-state index in [2.05, 4.69) is 5.32 Å². The van der Waals surface area contributed by atoms with E-state index in [1.54, 1.807) is 54.6 Å². The van der Waals surface area contributed by atoms with E-state index in [-0.39, 0.29) is 25.5 Å². The Morgan fingerprint density at radius 2 is 1.86 bits per heavy atom. The zero-order valence-electron chi connectivity index (χ0n) is 22.7. The summed E-state index contributed by atoms with van der Waals surface area (Å²) < 4.78 is 17.6. The van der Waals surface area contributed by atoms with E-state index < -0.39 is 36.0 Å². The zero-order chi connectivity index (χ0) is 29.4. The molecule has 1 aliphatic heterocycles. The Balaban J connectivity index is 1.45. The number of carbonyl (C=O) groups excluding carboxylic acids is 2. The van der Waals surface area contributed by atoms with Gasteiger partial charge in [-0.05, 0) is 42.0 Å². The van der Waals surface area contributed by atoms with E-state index in [9.17, 15) is 19.8 Å². The van der Waals surface area contributed by atoms with Crippen molar-refractivity contribution in [1.29, 1.82) is 0 Å². The fourth-order valence-electron chi connectivity index (χ4n) is 5.73. The summed E-state index contributed by atoms with van der Waals surface area (Å²) in [6.45, 7) is -0.0985. The summed E-state index contributed by atoms with van der Waals surface area (Å²) in [7, 11) is 1.52. The van der Waals surface area contributed by atoms with Gasteiger partial charge in [0.1, 0.15) is 18.0 Å². The van der Waals surface area contributed by atoms with Gasteiger partial charge in [0.2, 0.25) is 5.91 Å². The molecule has 42 heavy (non-hydrogen) atoms. The van der Waals surface area contributed by atoms with Crippen molar-refractivity contribution < 1.29 is 33.7 Å². The van der Waals surface area contributed by atoms with Crippen molar-refractivity contribution in [2.75, 3.05) is 20.3 Å². The van der Waals surface area contributed by atoms with Gasteiger partial charge in [-0.15, -0.1) is 0 Å². The van der Waals surface area contributed by atoms with Gasteiger partial charge in [0.05, 0.1) is 25.7 Å². The molecule has 3 aromatic carbocycles. The summed E-state index contributed by atoms with van der Waals surface area (Å²) in [5.41, 5.74) is 2.29. The highest BCUT2D eigenvalue weighted by Crippen LogP contribution is 2.47. The number of ether oxygens (including phenoxy) is 2.